The Labute approximate surface area is 170 Å². The van der Waals surface area contributed by atoms with Crippen molar-refractivity contribution >= 4 is 22.8 Å². The highest BCUT2D eigenvalue weighted by Crippen LogP contribution is 2.31. The summed E-state index contributed by atoms with van der Waals surface area (Å²) in [6, 6.07) is 8.29. The van der Waals surface area contributed by atoms with Crippen LogP contribution in [-0.2, 0) is 20.1 Å². The van der Waals surface area contributed by atoms with E-state index in [0.717, 1.165) is 56.8 Å². The minimum absolute atomic E-state index is 0.218. The number of unbranched alkanes of at least 4 members (excludes halogenated alkanes) is 3. The van der Waals surface area contributed by atoms with Gasteiger partial charge in [0.05, 0.1) is 0 Å². The predicted octanol–water partition coefficient (Wildman–Crippen LogP) is 3.33. The van der Waals surface area contributed by atoms with E-state index >= 15 is 0 Å². The molecule has 0 spiro atoms. The zero-order valence-corrected chi connectivity index (χ0v) is 17.5. The number of hydrogen-bond acceptors (Lipinski definition) is 4. The predicted molar refractivity (Wildman–Crippen MR) is 116 cm³/mol. The Morgan fingerprint density at radius 3 is 2.69 bits per heavy atom. The maximum atomic E-state index is 13.3. The Hall–Kier alpha value is -2.83. The molecule has 7 nitrogen and oxygen atoms in total. The lowest BCUT2D eigenvalue weighted by Gasteiger charge is -2.29. The average molecular weight is 396 g/mol. The van der Waals surface area contributed by atoms with Gasteiger partial charge in [0, 0.05) is 32.4 Å². The van der Waals surface area contributed by atoms with E-state index in [1.165, 1.54) is 14.7 Å². The first-order valence-electron chi connectivity index (χ1n) is 10.6. The van der Waals surface area contributed by atoms with E-state index in [2.05, 4.69) is 36.9 Å². The quantitative estimate of drug-likeness (QED) is 0.601. The molecule has 0 saturated heterocycles. The first kappa shape index (κ1) is 19.5. The molecule has 1 aliphatic heterocycles. The molecule has 0 fully saturated rings. The SMILES string of the molecule is CCCCCCn1c(=O)c2c(nc3n2CCCN3c2cccc(C)c2)n(C)c1=O. The lowest BCUT2D eigenvalue weighted by atomic mass is 10.2. The molecule has 0 aliphatic carbocycles. The topological polar surface area (TPSA) is 65.1 Å². The Kier molecular flexibility index (Phi) is 5.30. The maximum absolute atomic E-state index is 13.3. The van der Waals surface area contributed by atoms with Gasteiger partial charge in [-0.05, 0) is 37.5 Å². The highest BCUT2D eigenvalue weighted by molar-refractivity contribution is 5.77. The van der Waals surface area contributed by atoms with Gasteiger partial charge in [-0.1, -0.05) is 38.3 Å². The molecule has 3 aromatic rings. The first-order chi connectivity index (χ1) is 14.0. The molecule has 0 N–H and O–H groups in total. The molecule has 2 aromatic heterocycles. The van der Waals surface area contributed by atoms with Crippen molar-refractivity contribution in [2.45, 2.75) is 59.0 Å². The van der Waals surface area contributed by atoms with Gasteiger partial charge < -0.3 is 9.47 Å². The van der Waals surface area contributed by atoms with Gasteiger partial charge in [0.1, 0.15) is 0 Å². The molecule has 29 heavy (non-hydrogen) atoms. The first-order valence-corrected chi connectivity index (χ1v) is 10.6. The van der Waals surface area contributed by atoms with Gasteiger partial charge in [-0.2, -0.15) is 4.98 Å². The third-order valence-electron chi connectivity index (χ3n) is 5.77. The van der Waals surface area contributed by atoms with Crippen molar-refractivity contribution in [3.05, 3.63) is 50.7 Å². The smallest absolute Gasteiger partial charge is 0.312 e. The molecule has 154 valence electrons. The van der Waals surface area contributed by atoms with Crippen LogP contribution in [0.1, 0.15) is 44.6 Å². The van der Waals surface area contributed by atoms with E-state index < -0.39 is 0 Å². The summed E-state index contributed by atoms with van der Waals surface area (Å²) in [5.74, 6) is 0.743. The van der Waals surface area contributed by atoms with Gasteiger partial charge in [0.2, 0.25) is 5.95 Å². The Morgan fingerprint density at radius 1 is 1.10 bits per heavy atom. The van der Waals surface area contributed by atoms with Crippen LogP contribution in [0.5, 0.6) is 0 Å². The fourth-order valence-electron chi connectivity index (χ4n) is 4.20. The zero-order valence-electron chi connectivity index (χ0n) is 17.5. The van der Waals surface area contributed by atoms with Gasteiger partial charge in [-0.3, -0.25) is 13.9 Å². The fraction of sp³-hybridized carbons (Fsp3) is 0.500. The number of aromatic nitrogens is 4. The standard InChI is InChI=1S/C22H29N5O2/c1-4-5-6-7-12-27-20(28)18-19(24(3)22(27)29)23-21-25(13-9-14-26(18)21)17-11-8-10-16(2)15-17/h8,10-11,15H,4-7,9,12-14H2,1-3H3. The van der Waals surface area contributed by atoms with Crippen molar-refractivity contribution in [1.29, 1.82) is 0 Å². The molecular weight excluding hydrogens is 366 g/mol. The van der Waals surface area contributed by atoms with Crippen molar-refractivity contribution in [3.63, 3.8) is 0 Å². The highest BCUT2D eigenvalue weighted by atomic mass is 16.2. The van der Waals surface area contributed by atoms with Crippen LogP contribution < -0.4 is 16.1 Å². The molecule has 1 aliphatic rings. The number of imidazole rings is 1. The summed E-state index contributed by atoms with van der Waals surface area (Å²) in [6.07, 6.45) is 5.02. The summed E-state index contributed by atoms with van der Waals surface area (Å²) >= 11 is 0. The minimum atomic E-state index is -0.281. The highest BCUT2D eigenvalue weighted by Gasteiger charge is 2.26. The maximum Gasteiger partial charge on any atom is 0.332 e. The van der Waals surface area contributed by atoms with Gasteiger partial charge in [0.15, 0.2) is 11.2 Å². The van der Waals surface area contributed by atoms with Crippen LogP contribution in [0.4, 0.5) is 11.6 Å². The second kappa shape index (κ2) is 7.89. The van der Waals surface area contributed by atoms with Crippen molar-refractivity contribution in [3.8, 4) is 0 Å². The summed E-state index contributed by atoms with van der Waals surface area (Å²) in [5.41, 5.74) is 2.75. The number of benzene rings is 1. The lowest BCUT2D eigenvalue weighted by Crippen LogP contribution is -2.40. The van der Waals surface area contributed by atoms with E-state index in [1.807, 2.05) is 10.6 Å². The number of hydrogen-bond donors (Lipinski definition) is 0. The van der Waals surface area contributed by atoms with Gasteiger partial charge in [0.25, 0.3) is 5.56 Å². The van der Waals surface area contributed by atoms with Gasteiger partial charge >= 0.3 is 5.69 Å². The van der Waals surface area contributed by atoms with E-state index in [0.29, 0.717) is 17.7 Å². The van der Waals surface area contributed by atoms with E-state index in [4.69, 9.17) is 4.98 Å². The molecule has 0 atom stereocenters. The van der Waals surface area contributed by atoms with Crippen LogP contribution in [0.3, 0.4) is 0 Å². The minimum Gasteiger partial charge on any atom is -0.312 e. The van der Waals surface area contributed by atoms with Crippen LogP contribution in [0, 0.1) is 6.92 Å². The monoisotopic (exact) mass is 395 g/mol. The largest absolute Gasteiger partial charge is 0.332 e. The van der Waals surface area contributed by atoms with Gasteiger partial charge in [-0.25, -0.2) is 4.79 Å². The van der Waals surface area contributed by atoms with Crippen LogP contribution >= 0.6 is 0 Å². The second-order valence-electron chi connectivity index (χ2n) is 7.94. The molecule has 0 bridgehead atoms. The molecule has 4 rings (SSSR count). The van der Waals surface area contributed by atoms with E-state index in [9.17, 15) is 9.59 Å². The fourth-order valence-corrected chi connectivity index (χ4v) is 4.20. The number of fused-ring (bicyclic) bond motifs is 3. The number of rotatable bonds is 6. The molecule has 0 radical (unpaired) electrons. The molecular formula is C22H29N5O2. The summed E-state index contributed by atoms with van der Waals surface area (Å²) in [7, 11) is 1.71. The molecule has 7 heteroatoms. The van der Waals surface area contributed by atoms with Crippen molar-refractivity contribution in [2.75, 3.05) is 11.4 Å². The molecule has 0 unspecified atom stereocenters. The Balaban J connectivity index is 1.84. The van der Waals surface area contributed by atoms with Crippen molar-refractivity contribution < 1.29 is 0 Å². The normalized spacial score (nSPS) is 13.8. The zero-order chi connectivity index (χ0) is 20.5. The van der Waals surface area contributed by atoms with Crippen molar-refractivity contribution in [2.24, 2.45) is 7.05 Å². The van der Waals surface area contributed by atoms with Crippen LogP contribution in [0.2, 0.25) is 0 Å². The van der Waals surface area contributed by atoms with E-state index in [-0.39, 0.29) is 11.2 Å². The van der Waals surface area contributed by atoms with Gasteiger partial charge in [-0.15, -0.1) is 0 Å². The third kappa shape index (κ3) is 3.39. The summed E-state index contributed by atoms with van der Waals surface area (Å²) in [6.45, 7) is 6.25. The second-order valence-corrected chi connectivity index (χ2v) is 7.94. The summed E-state index contributed by atoms with van der Waals surface area (Å²) < 4.78 is 4.90. The molecule has 0 amide bonds. The number of anilines is 2. The van der Waals surface area contributed by atoms with Crippen LogP contribution in [0.25, 0.3) is 11.2 Å². The van der Waals surface area contributed by atoms with E-state index in [1.54, 1.807) is 7.05 Å². The number of nitrogens with zero attached hydrogens (tertiary/aromatic N) is 5. The molecule has 3 heterocycles. The number of aryl methyl sites for hydroxylation is 3. The average Bonchev–Trinajstić information content (AvgIpc) is 3.11. The Morgan fingerprint density at radius 2 is 1.93 bits per heavy atom. The summed E-state index contributed by atoms with van der Waals surface area (Å²) in [5, 5.41) is 0. The van der Waals surface area contributed by atoms with Crippen LogP contribution in [-0.4, -0.2) is 25.2 Å². The molecule has 0 saturated carbocycles. The lowest BCUT2D eigenvalue weighted by molar-refractivity contribution is 0.536. The third-order valence-corrected chi connectivity index (χ3v) is 5.77. The van der Waals surface area contributed by atoms with Crippen LogP contribution in [0.15, 0.2) is 33.9 Å². The van der Waals surface area contributed by atoms with Crippen molar-refractivity contribution in [1.82, 2.24) is 18.7 Å². The summed E-state index contributed by atoms with van der Waals surface area (Å²) in [4.78, 5) is 33.0. The molecule has 1 aromatic carbocycles. The Bertz CT molecular complexity index is 1150.